The SMILES string of the molecule is CS(=O)Cc1cc(NC(=O)C2(N)CCCCC2)ccc1Cl. The summed E-state index contributed by atoms with van der Waals surface area (Å²) in [7, 11) is -0.982. The molecule has 3 N–H and O–H groups in total. The van der Waals surface area contributed by atoms with Crippen LogP contribution in [0.2, 0.25) is 5.02 Å². The molecule has 0 saturated heterocycles. The number of amides is 1. The van der Waals surface area contributed by atoms with E-state index in [9.17, 15) is 9.00 Å². The fourth-order valence-corrected chi connectivity index (χ4v) is 3.59. The Morgan fingerprint density at radius 2 is 2.05 bits per heavy atom. The standard InChI is InChI=1S/C15H21ClN2O2S/c1-21(20)10-11-9-12(5-6-13(11)16)18-14(19)15(17)7-3-2-4-8-15/h5-6,9H,2-4,7-8,10,17H2,1H3,(H,18,19). The molecule has 2 rings (SSSR count). The van der Waals surface area contributed by atoms with Crippen LogP contribution in [0.3, 0.4) is 0 Å². The van der Waals surface area contributed by atoms with Crippen LogP contribution < -0.4 is 11.1 Å². The first-order valence-electron chi connectivity index (χ1n) is 7.09. The number of anilines is 1. The Kier molecular flexibility index (Phi) is 5.41. The summed E-state index contributed by atoms with van der Waals surface area (Å²) in [6, 6.07) is 5.23. The van der Waals surface area contributed by atoms with Gasteiger partial charge in [-0.2, -0.15) is 0 Å². The lowest BCUT2D eigenvalue weighted by atomic mass is 9.82. The van der Waals surface area contributed by atoms with Crippen molar-refractivity contribution >= 4 is 34.0 Å². The summed E-state index contributed by atoms with van der Waals surface area (Å²) >= 11 is 6.08. The van der Waals surface area contributed by atoms with Crippen LogP contribution in [0, 0.1) is 0 Å². The molecule has 0 bridgehead atoms. The van der Waals surface area contributed by atoms with E-state index < -0.39 is 16.3 Å². The third-order valence-corrected chi connectivity index (χ3v) is 4.95. The van der Waals surface area contributed by atoms with Crippen molar-refractivity contribution in [2.45, 2.75) is 43.4 Å². The molecule has 1 atom stereocenters. The van der Waals surface area contributed by atoms with Crippen LogP contribution in [0.4, 0.5) is 5.69 Å². The first kappa shape index (κ1) is 16.5. The van der Waals surface area contributed by atoms with Gasteiger partial charge in [0.05, 0.1) is 5.54 Å². The maximum absolute atomic E-state index is 12.4. The van der Waals surface area contributed by atoms with Crippen molar-refractivity contribution in [2.24, 2.45) is 5.73 Å². The van der Waals surface area contributed by atoms with E-state index in [-0.39, 0.29) is 5.91 Å². The van der Waals surface area contributed by atoms with Crippen molar-refractivity contribution in [2.75, 3.05) is 11.6 Å². The van der Waals surface area contributed by atoms with E-state index in [0.717, 1.165) is 37.7 Å². The Morgan fingerprint density at radius 3 is 2.67 bits per heavy atom. The lowest BCUT2D eigenvalue weighted by molar-refractivity contribution is -0.122. The van der Waals surface area contributed by atoms with Gasteiger partial charge in [-0.15, -0.1) is 0 Å². The van der Waals surface area contributed by atoms with Crippen molar-refractivity contribution in [3.8, 4) is 0 Å². The van der Waals surface area contributed by atoms with Gasteiger partial charge in [-0.1, -0.05) is 30.9 Å². The van der Waals surface area contributed by atoms with Gasteiger partial charge in [-0.25, -0.2) is 0 Å². The molecule has 1 aromatic rings. The van der Waals surface area contributed by atoms with Crippen LogP contribution in [0.15, 0.2) is 18.2 Å². The number of nitrogens with one attached hydrogen (secondary N) is 1. The van der Waals surface area contributed by atoms with Gasteiger partial charge < -0.3 is 11.1 Å². The predicted octanol–water partition coefficient (Wildman–Crippen LogP) is 2.82. The number of nitrogens with two attached hydrogens (primary N) is 1. The molecular weight excluding hydrogens is 308 g/mol. The van der Waals surface area contributed by atoms with Crippen molar-refractivity contribution in [3.05, 3.63) is 28.8 Å². The number of carbonyl (C=O) groups is 1. The second-order valence-corrected chi connectivity index (χ2v) is 7.54. The summed E-state index contributed by atoms with van der Waals surface area (Å²) in [5, 5.41) is 3.43. The molecule has 1 aliphatic carbocycles. The van der Waals surface area contributed by atoms with Gasteiger partial charge in [0, 0.05) is 33.5 Å². The van der Waals surface area contributed by atoms with Crippen molar-refractivity contribution in [1.29, 1.82) is 0 Å². The molecule has 1 saturated carbocycles. The molecule has 6 heteroatoms. The minimum atomic E-state index is -0.982. The molecule has 1 fully saturated rings. The van der Waals surface area contributed by atoms with Crippen molar-refractivity contribution in [3.63, 3.8) is 0 Å². The normalized spacial score (nSPS) is 19.0. The molecule has 1 aliphatic rings. The third-order valence-electron chi connectivity index (χ3n) is 3.86. The molecule has 1 aromatic carbocycles. The summed E-state index contributed by atoms with van der Waals surface area (Å²) in [5.74, 6) is 0.226. The predicted molar refractivity (Wildman–Crippen MR) is 87.9 cm³/mol. The van der Waals surface area contributed by atoms with Gasteiger partial charge >= 0.3 is 0 Å². The van der Waals surface area contributed by atoms with Gasteiger partial charge in [0.1, 0.15) is 0 Å². The fourth-order valence-electron chi connectivity index (χ4n) is 2.65. The summed E-state index contributed by atoms with van der Waals surface area (Å²) < 4.78 is 11.3. The molecule has 0 aliphatic heterocycles. The maximum atomic E-state index is 12.4. The van der Waals surface area contributed by atoms with E-state index in [2.05, 4.69) is 5.32 Å². The van der Waals surface area contributed by atoms with E-state index in [1.54, 1.807) is 24.5 Å². The summed E-state index contributed by atoms with van der Waals surface area (Å²) in [6.07, 6.45) is 6.18. The zero-order valence-corrected chi connectivity index (χ0v) is 13.7. The molecule has 21 heavy (non-hydrogen) atoms. The smallest absolute Gasteiger partial charge is 0.244 e. The van der Waals surface area contributed by atoms with Gasteiger partial charge in [0.15, 0.2) is 0 Å². The Bertz CT molecular complexity index is 557. The van der Waals surface area contributed by atoms with Crippen LogP contribution in [0.5, 0.6) is 0 Å². The minimum absolute atomic E-state index is 0.145. The zero-order chi connectivity index (χ0) is 15.5. The van der Waals surface area contributed by atoms with Crippen molar-refractivity contribution in [1.82, 2.24) is 0 Å². The Balaban J connectivity index is 2.12. The van der Waals surface area contributed by atoms with Gasteiger partial charge in [0.25, 0.3) is 0 Å². The molecule has 0 aromatic heterocycles. The second-order valence-electron chi connectivity index (χ2n) is 5.69. The lowest BCUT2D eigenvalue weighted by Gasteiger charge is -2.31. The molecule has 1 unspecified atom stereocenters. The average molecular weight is 329 g/mol. The largest absolute Gasteiger partial charge is 0.324 e. The number of carbonyl (C=O) groups excluding carboxylic acids is 1. The van der Waals surface area contributed by atoms with Gasteiger partial charge in [-0.05, 0) is 36.6 Å². The highest BCUT2D eigenvalue weighted by atomic mass is 35.5. The number of benzene rings is 1. The highest BCUT2D eigenvalue weighted by Gasteiger charge is 2.35. The lowest BCUT2D eigenvalue weighted by Crippen LogP contribution is -2.52. The highest BCUT2D eigenvalue weighted by Crippen LogP contribution is 2.28. The monoisotopic (exact) mass is 328 g/mol. The van der Waals surface area contributed by atoms with E-state index >= 15 is 0 Å². The second kappa shape index (κ2) is 6.90. The summed E-state index contributed by atoms with van der Waals surface area (Å²) in [4.78, 5) is 12.4. The van der Waals surface area contributed by atoms with Crippen LogP contribution in [0.25, 0.3) is 0 Å². The van der Waals surface area contributed by atoms with E-state index in [1.807, 2.05) is 0 Å². The topological polar surface area (TPSA) is 72.2 Å². The number of hydrogen-bond donors (Lipinski definition) is 2. The van der Waals surface area contributed by atoms with Crippen LogP contribution in [0.1, 0.15) is 37.7 Å². The van der Waals surface area contributed by atoms with Gasteiger partial charge in [-0.3, -0.25) is 9.00 Å². The van der Waals surface area contributed by atoms with Crippen LogP contribution in [-0.4, -0.2) is 21.9 Å². The molecule has 116 valence electrons. The first-order valence-corrected chi connectivity index (χ1v) is 9.20. The minimum Gasteiger partial charge on any atom is -0.324 e. The van der Waals surface area contributed by atoms with E-state index in [4.69, 9.17) is 17.3 Å². The average Bonchev–Trinajstić information content (AvgIpc) is 2.43. The molecule has 0 spiro atoms. The Hall–Kier alpha value is -0.910. The number of hydrogen-bond acceptors (Lipinski definition) is 3. The maximum Gasteiger partial charge on any atom is 0.244 e. The Morgan fingerprint density at radius 1 is 1.38 bits per heavy atom. The van der Waals surface area contributed by atoms with Gasteiger partial charge in [0.2, 0.25) is 5.91 Å². The van der Waals surface area contributed by atoms with Crippen molar-refractivity contribution < 1.29 is 9.00 Å². The highest BCUT2D eigenvalue weighted by molar-refractivity contribution is 7.83. The molecule has 1 amide bonds. The van der Waals surface area contributed by atoms with E-state index in [0.29, 0.717) is 16.5 Å². The van der Waals surface area contributed by atoms with E-state index in [1.165, 1.54) is 0 Å². The molecular formula is C15H21ClN2O2S. The third kappa shape index (κ3) is 4.28. The quantitative estimate of drug-likeness (QED) is 0.892. The Labute approximate surface area is 132 Å². The van der Waals surface area contributed by atoms with Crippen LogP contribution in [-0.2, 0) is 21.3 Å². The summed E-state index contributed by atoms with van der Waals surface area (Å²) in [6.45, 7) is 0. The first-order chi connectivity index (χ1) is 9.90. The fraction of sp³-hybridized carbons (Fsp3) is 0.533. The number of rotatable bonds is 4. The summed E-state index contributed by atoms with van der Waals surface area (Å²) in [5.41, 5.74) is 6.86. The zero-order valence-electron chi connectivity index (χ0n) is 12.2. The molecule has 0 radical (unpaired) electrons. The molecule has 4 nitrogen and oxygen atoms in total. The molecule has 0 heterocycles. The number of halogens is 1. The van der Waals surface area contributed by atoms with Crippen LogP contribution >= 0.6 is 11.6 Å².